The summed E-state index contributed by atoms with van der Waals surface area (Å²) < 4.78 is 56.2. The van der Waals surface area contributed by atoms with Gasteiger partial charge in [0.15, 0.2) is 0 Å². The third-order valence-electron chi connectivity index (χ3n) is 4.40. The molecule has 0 aliphatic heterocycles. The SMILES string of the molecule is COc1ccc(-c2ccc(S(=O)(=O)N[C@@H](CCCCCF)P(=O)(O)O)cc2)cc1. The van der Waals surface area contributed by atoms with Crippen LogP contribution in [0.3, 0.4) is 0 Å². The molecule has 0 fully saturated rings. The van der Waals surface area contributed by atoms with Gasteiger partial charge in [-0.2, -0.15) is 4.72 Å². The molecule has 0 radical (unpaired) electrons. The van der Waals surface area contributed by atoms with Gasteiger partial charge in [0.25, 0.3) is 0 Å². The van der Waals surface area contributed by atoms with Gasteiger partial charge in [-0.3, -0.25) is 8.96 Å². The lowest BCUT2D eigenvalue weighted by Crippen LogP contribution is -2.34. The molecule has 0 bridgehead atoms. The molecule has 1 atom stereocenters. The van der Waals surface area contributed by atoms with Crippen molar-refractivity contribution in [1.29, 1.82) is 0 Å². The second-order valence-corrected chi connectivity index (χ2v) is 10.0. The molecule has 0 saturated heterocycles. The average Bonchev–Trinajstić information content (AvgIpc) is 2.69. The van der Waals surface area contributed by atoms with Crippen LogP contribution in [0.1, 0.15) is 25.7 Å². The molecule has 2 aromatic rings. The molecular weight excluding hydrogens is 420 g/mol. The van der Waals surface area contributed by atoms with Crippen molar-refractivity contribution in [2.45, 2.75) is 36.4 Å². The van der Waals surface area contributed by atoms with E-state index >= 15 is 0 Å². The Labute approximate surface area is 170 Å². The summed E-state index contributed by atoms with van der Waals surface area (Å²) in [4.78, 5) is 18.9. The number of unbranched alkanes of at least 4 members (excludes halogenated alkanes) is 2. The lowest BCUT2D eigenvalue weighted by Gasteiger charge is -2.20. The van der Waals surface area contributed by atoms with E-state index in [0.717, 1.165) is 11.1 Å². The second-order valence-electron chi connectivity index (χ2n) is 6.52. The van der Waals surface area contributed by atoms with Gasteiger partial charge in [-0.05, 0) is 48.2 Å². The monoisotopic (exact) mass is 445 g/mol. The molecule has 2 aromatic carbocycles. The summed E-state index contributed by atoms with van der Waals surface area (Å²) in [5.41, 5.74) is 1.65. The first-order valence-corrected chi connectivity index (χ1v) is 12.2. The molecule has 0 heterocycles. The molecule has 0 aromatic heterocycles. The smallest absolute Gasteiger partial charge is 0.343 e. The van der Waals surface area contributed by atoms with Gasteiger partial charge in [0, 0.05) is 0 Å². The number of rotatable bonds is 11. The maximum Gasteiger partial charge on any atom is 0.343 e. The molecule has 29 heavy (non-hydrogen) atoms. The fourth-order valence-corrected chi connectivity index (χ4v) is 5.35. The highest BCUT2D eigenvalue weighted by molar-refractivity contribution is 7.89. The summed E-state index contributed by atoms with van der Waals surface area (Å²) >= 11 is 0. The van der Waals surface area contributed by atoms with Crippen molar-refractivity contribution in [2.24, 2.45) is 0 Å². The quantitative estimate of drug-likeness (QED) is 0.359. The van der Waals surface area contributed by atoms with Gasteiger partial charge < -0.3 is 14.5 Å². The Balaban J connectivity index is 2.14. The molecule has 10 heteroatoms. The van der Waals surface area contributed by atoms with E-state index in [2.05, 4.69) is 4.72 Å². The van der Waals surface area contributed by atoms with Crippen molar-refractivity contribution >= 4 is 17.6 Å². The topological polar surface area (TPSA) is 113 Å². The summed E-state index contributed by atoms with van der Waals surface area (Å²) in [6, 6.07) is 13.2. The van der Waals surface area contributed by atoms with E-state index in [4.69, 9.17) is 4.74 Å². The summed E-state index contributed by atoms with van der Waals surface area (Å²) in [5.74, 6) is -0.847. The molecule has 0 saturated carbocycles. The highest BCUT2D eigenvalue weighted by atomic mass is 32.2. The zero-order chi connectivity index (χ0) is 21.5. The summed E-state index contributed by atoms with van der Waals surface area (Å²) in [6.45, 7) is -0.521. The first-order valence-electron chi connectivity index (χ1n) is 9.05. The van der Waals surface area contributed by atoms with Crippen LogP contribution in [0, 0.1) is 0 Å². The molecular formula is C19H25FNO6PS. The van der Waals surface area contributed by atoms with Crippen LogP contribution in [0.2, 0.25) is 0 Å². The Morgan fingerprint density at radius 2 is 1.55 bits per heavy atom. The van der Waals surface area contributed by atoms with Gasteiger partial charge in [-0.15, -0.1) is 0 Å². The molecule has 0 aliphatic rings. The first-order chi connectivity index (χ1) is 13.7. The van der Waals surface area contributed by atoms with Crippen molar-refractivity contribution < 1.29 is 31.9 Å². The van der Waals surface area contributed by atoms with Crippen molar-refractivity contribution in [2.75, 3.05) is 13.8 Å². The summed E-state index contributed by atoms with van der Waals surface area (Å²) in [6.07, 6.45) is 0.921. The standard InChI is InChI=1S/C19H25FNO6PS/c1-27-17-10-6-15(7-11-17)16-8-12-18(13-9-16)29(25,26)21-19(28(22,23)24)5-3-2-4-14-20/h6-13,19,21H,2-5,14H2,1H3,(H2,22,23,24)/t19-/m1/s1. The maximum atomic E-state index is 12.6. The van der Waals surface area contributed by atoms with Crippen LogP contribution in [0.15, 0.2) is 53.4 Å². The minimum absolute atomic E-state index is 0.0760. The normalized spacial score (nSPS) is 13.2. The van der Waals surface area contributed by atoms with Crippen LogP contribution in [-0.4, -0.2) is 37.8 Å². The Morgan fingerprint density at radius 3 is 2.03 bits per heavy atom. The number of hydrogen-bond acceptors (Lipinski definition) is 4. The maximum absolute atomic E-state index is 12.6. The van der Waals surface area contributed by atoms with E-state index in [1.807, 2.05) is 12.1 Å². The van der Waals surface area contributed by atoms with E-state index in [9.17, 15) is 27.2 Å². The molecule has 160 valence electrons. The number of methoxy groups -OCH3 is 1. The molecule has 7 nitrogen and oxygen atoms in total. The van der Waals surface area contributed by atoms with Gasteiger partial charge in [0.1, 0.15) is 11.5 Å². The molecule has 0 amide bonds. The minimum Gasteiger partial charge on any atom is -0.497 e. The van der Waals surface area contributed by atoms with Crippen molar-refractivity contribution in [3.63, 3.8) is 0 Å². The average molecular weight is 445 g/mol. The van der Waals surface area contributed by atoms with Gasteiger partial charge >= 0.3 is 7.60 Å². The van der Waals surface area contributed by atoms with Crippen LogP contribution in [0.25, 0.3) is 11.1 Å². The first kappa shape index (κ1) is 23.5. The van der Waals surface area contributed by atoms with Crippen molar-refractivity contribution in [3.05, 3.63) is 48.5 Å². The van der Waals surface area contributed by atoms with Crippen LogP contribution in [0.5, 0.6) is 5.75 Å². The van der Waals surface area contributed by atoms with E-state index in [1.54, 1.807) is 31.4 Å². The Kier molecular flexibility index (Phi) is 8.36. The number of ether oxygens (including phenoxy) is 1. The predicted octanol–water partition coefficient (Wildman–Crippen LogP) is 3.67. The summed E-state index contributed by atoms with van der Waals surface area (Å²) in [7, 11) is -7.27. The molecule has 0 spiro atoms. The number of alkyl halides is 1. The molecule has 0 aliphatic carbocycles. The number of nitrogens with one attached hydrogen (secondary N) is 1. The number of hydrogen-bond donors (Lipinski definition) is 3. The minimum atomic E-state index is -4.70. The number of halogens is 1. The van der Waals surface area contributed by atoms with Gasteiger partial charge in [0.2, 0.25) is 10.0 Å². The third-order valence-corrected chi connectivity index (χ3v) is 7.26. The third kappa shape index (κ3) is 6.90. The lowest BCUT2D eigenvalue weighted by molar-refractivity contribution is 0.347. The van der Waals surface area contributed by atoms with Gasteiger partial charge in [0.05, 0.1) is 18.7 Å². The van der Waals surface area contributed by atoms with E-state index in [1.165, 1.54) is 12.1 Å². The van der Waals surface area contributed by atoms with Crippen LogP contribution < -0.4 is 9.46 Å². The fraction of sp³-hybridized carbons (Fsp3) is 0.368. The van der Waals surface area contributed by atoms with Crippen LogP contribution >= 0.6 is 7.60 Å². The van der Waals surface area contributed by atoms with Gasteiger partial charge in [-0.25, -0.2) is 8.42 Å². The zero-order valence-corrected chi connectivity index (χ0v) is 17.7. The fourth-order valence-electron chi connectivity index (χ4n) is 2.76. The molecule has 0 unspecified atom stereocenters. The number of benzene rings is 2. The van der Waals surface area contributed by atoms with Crippen LogP contribution in [0.4, 0.5) is 4.39 Å². The Hall–Kier alpha value is -1.77. The van der Waals surface area contributed by atoms with Crippen molar-refractivity contribution in [1.82, 2.24) is 4.72 Å². The van der Waals surface area contributed by atoms with Crippen molar-refractivity contribution in [3.8, 4) is 16.9 Å². The molecule has 2 rings (SSSR count). The largest absolute Gasteiger partial charge is 0.497 e. The Bertz CT molecular complexity index is 928. The lowest BCUT2D eigenvalue weighted by atomic mass is 10.1. The predicted molar refractivity (Wildman–Crippen MR) is 109 cm³/mol. The zero-order valence-electron chi connectivity index (χ0n) is 16.0. The second kappa shape index (κ2) is 10.3. The summed E-state index contributed by atoms with van der Waals surface area (Å²) in [5, 5.41) is 0. The van der Waals surface area contributed by atoms with E-state index < -0.39 is 30.1 Å². The van der Waals surface area contributed by atoms with E-state index in [-0.39, 0.29) is 17.7 Å². The van der Waals surface area contributed by atoms with E-state index in [0.29, 0.717) is 18.6 Å². The highest BCUT2D eigenvalue weighted by Crippen LogP contribution is 2.42. The highest BCUT2D eigenvalue weighted by Gasteiger charge is 2.32. The number of sulfonamides is 1. The van der Waals surface area contributed by atoms with Gasteiger partial charge in [-0.1, -0.05) is 37.1 Å². The van der Waals surface area contributed by atoms with Crippen LogP contribution in [-0.2, 0) is 14.6 Å². The Morgan fingerprint density at radius 1 is 1.00 bits per heavy atom. The molecule has 3 N–H and O–H groups in total.